The number of carboxylic acid groups (broad SMARTS) is 1. The zero-order valence-electron chi connectivity index (χ0n) is 8.04. The van der Waals surface area contributed by atoms with Crippen molar-refractivity contribution in [1.82, 2.24) is 5.01 Å². The summed E-state index contributed by atoms with van der Waals surface area (Å²) in [7, 11) is 0. The first-order valence-corrected chi connectivity index (χ1v) is 4.06. The molecule has 0 amide bonds. The monoisotopic (exact) mass is 207 g/mol. The van der Waals surface area contributed by atoms with Crippen LogP contribution in [0.5, 0.6) is 0 Å². The molecule has 0 radical (unpaired) electrons. The highest BCUT2D eigenvalue weighted by atomic mass is 16.4. The third kappa shape index (κ3) is 1.98. The molecule has 6 heteroatoms. The van der Waals surface area contributed by atoms with Gasteiger partial charge in [0.15, 0.2) is 17.8 Å². The Balaban J connectivity index is 3.27. The van der Waals surface area contributed by atoms with Gasteiger partial charge in [0.05, 0.1) is 0 Å². The van der Waals surface area contributed by atoms with Crippen LogP contribution in [0.2, 0.25) is 0 Å². The van der Waals surface area contributed by atoms with Gasteiger partial charge in [0, 0.05) is 12.8 Å². The van der Waals surface area contributed by atoms with Crippen molar-refractivity contribution < 1.29 is 14.7 Å². The van der Waals surface area contributed by atoms with Crippen LogP contribution in [0.3, 0.4) is 0 Å². The smallest absolute Gasteiger partial charge is 0.354 e. The molecule has 0 unspecified atom stereocenters. The summed E-state index contributed by atoms with van der Waals surface area (Å²) in [5.41, 5.74) is -0.115. The quantitative estimate of drug-likeness (QED) is 0.536. The molecule has 0 aromatic carbocycles. The molecule has 0 atom stereocenters. The van der Waals surface area contributed by atoms with Crippen LogP contribution in [-0.4, -0.2) is 34.8 Å². The summed E-state index contributed by atoms with van der Waals surface area (Å²) in [5, 5.41) is 13.4. The van der Waals surface area contributed by atoms with Crippen LogP contribution >= 0.6 is 0 Å². The molecule has 0 saturated carbocycles. The van der Waals surface area contributed by atoms with Crippen LogP contribution in [0.4, 0.5) is 0 Å². The molecule has 6 nitrogen and oxygen atoms in total. The summed E-state index contributed by atoms with van der Waals surface area (Å²) in [6.07, 6.45) is 3.15. The number of hydrazone groups is 1. The number of aldehydes is 1. The Morgan fingerprint density at radius 3 is 2.80 bits per heavy atom. The van der Waals surface area contributed by atoms with E-state index < -0.39 is 5.97 Å². The summed E-state index contributed by atoms with van der Waals surface area (Å²) in [4.78, 5) is 25.2. The normalized spacial score (nSPS) is 18.2. The molecule has 15 heavy (non-hydrogen) atoms. The topological polar surface area (TPSA) is 82.3 Å². The van der Waals surface area contributed by atoms with Gasteiger partial charge >= 0.3 is 5.97 Å². The molecule has 0 aliphatic carbocycles. The van der Waals surface area contributed by atoms with Gasteiger partial charge in [-0.25, -0.2) is 14.8 Å². The van der Waals surface area contributed by atoms with Crippen molar-refractivity contribution in [2.75, 3.05) is 0 Å². The highest BCUT2D eigenvalue weighted by Gasteiger charge is 2.23. The van der Waals surface area contributed by atoms with Crippen LogP contribution in [0, 0.1) is 0 Å². The van der Waals surface area contributed by atoms with E-state index in [0.717, 1.165) is 11.1 Å². The lowest BCUT2D eigenvalue weighted by Crippen LogP contribution is -2.26. The van der Waals surface area contributed by atoms with Gasteiger partial charge in [-0.1, -0.05) is 0 Å². The Morgan fingerprint density at radius 1 is 1.73 bits per heavy atom. The standard InChI is InChI=1S/C9H9N3O3/c1-3-8-11-6(5-13)4-7(9(14)15)12(8)10-2/h3-5H,2H2,1H3,(H,14,15)/b8-3-. The third-order valence-corrected chi connectivity index (χ3v) is 1.71. The number of nitrogens with zero attached hydrogens (tertiary/aromatic N) is 3. The van der Waals surface area contributed by atoms with Gasteiger partial charge in [-0.2, -0.15) is 5.10 Å². The molecule has 0 spiro atoms. The number of carbonyl (C=O) groups is 2. The van der Waals surface area contributed by atoms with Gasteiger partial charge in [-0.3, -0.25) is 4.79 Å². The summed E-state index contributed by atoms with van der Waals surface area (Å²) in [5.74, 6) is -0.942. The van der Waals surface area contributed by atoms with Gasteiger partial charge in [0.2, 0.25) is 0 Å². The zero-order valence-corrected chi connectivity index (χ0v) is 8.04. The number of carbonyl (C=O) groups excluding carboxylic acids is 1. The zero-order chi connectivity index (χ0) is 11.4. The first kappa shape index (κ1) is 10.8. The highest BCUT2D eigenvalue weighted by molar-refractivity contribution is 6.35. The summed E-state index contributed by atoms with van der Waals surface area (Å²) >= 11 is 0. The molecule has 1 rings (SSSR count). The maximum Gasteiger partial charge on any atom is 0.354 e. The molecule has 1 aliphatic rings. The van der Waals surface area contributed by atoms with Crippen LogP contribution in [0.1, 0.15) is 6.92 Å². The SMILES string of the molecule is C=NN1C(C(=O)O)=CC(C=O)=N/C1=C/C. The average molecular weight is 207 g/mol. The Kier molecular flexibility index (Phi) is 3.12. The van der Waals surface area contributed by atoms with Crippen molar-refractivity contribution in [1.29, 1.82) is 0 Å². The lowest BCUT2D eigenvalue weighted by Gasteiger charge is -2.22. The van der Waals surface area contributed by atoms with E-state index >= 15 is 0 Å². The van der Waals surface area contributed by atoms with Crippen LogP contribution in [0.15, 0.2) is 33.8 Å². The summed E-state index contributed by atoms with van der Waals surface area (Å²) in [6.45, 7) is 4.90. The molecular formula is C9H9N3O3. The second kappa shape index (κ2) is 4.32. The van der Waals surface area contributed by atoms with E-state index in [9.17, 15) is 9.59 Å². The van der Waals surface area contributed by atoms with Gasteiger partial charge in [-0.05, 0) is 13.0 Å². The Hall–Kier alpha value is -2.24. The number of hydrogen-bond acceptors (Lipinski definition) is 5. The predicted octanol–water partition coefficient (Wildman–Crippen LogP) is 0.387. The molecule has 1 heterocycles. The Labute approximate surface area is 85.9 Å². The van der Waals surface area contributed by atoms with Crippen molar-refractivity contribution in [3.8, 4) is 0 Å². The lowest BCUT2D eigenvalue weighted by molar-refractivity contribution is -0.134. The second-order valence-electron chi connectivity index (χ2n) is 2.59. The minimum Gasteiger partial charge on any atom is -0.477 e. The number of allylic oxidation sites excluding steroid dienone is 2. The third-order valence-electron chi connectivity index (χ3n) is 1.71. The van der Waals surface area contributed by atoms with Crippen LogP contribution in [0.25, 0.3) is 0 Å². The van der Waals surface area contributed by atoms with Gasteiger partial charge < -0.3 is 5.11 Å². The summed E-state index contributed by atoms with van der Waals surface area (Å²) in [6, 6.07) is 0. The van der Waals surface area contributed by atoms with E-state index in [0.29, 0.717) is 6.29 Å². The largest absolute Gasteiger partial charge is 0.477 e. The van der Waals surface area contributed by atoms with E-state index in [-0.39, 0.29) is 17.2 Å². The molecule has 1 aliphatic heterocycles. The van der Waals surface area contributed by atoms with Crippen molar-refractivity contribution in [3.05, 3.63) is 23.7 Å². The fraction of sp³-hybridized carbons (Fsp3) is 0.111. The Bertz CT molecular complexity index is 407. The average Bonchev–Trinajstić information content (AvgIpc) is 2.26. The first-order chi connectivity index (χ1) is 7.13. The maximum atomic E-state index is 10.9. The molecule has 0 aromatic heterocycles. The molecule has 0 aromatic rings. The Morgan fingerprint density at radius 2 is 2.40 bits per heavy atom. The summed E-state index contributed by atoms with van der Waals surface area (Å²) < 4.78 is 0. The van der Waals surface area contributed by atoms with Gasteiger partial charge in [0.1, 0.15) is 5.71 Å². The minimum atomic E-state index is -1.20. The van der Waals surface area contributed by atoms with Gasteiger partial charge in [0.25, 0.3) is 0 Å². The van der Waals surface area contributed by atoms with Crippen LogP contribution in [-0.2, 0) is 9.59 Å². The van der Waals surface area contributed by atoms with E-state index in [1.807, 2.05) is 0 Å². The molecule has 0 fully saturated rings. The maximum absolute atomic E-state index is 10.9. The van der Waals surface area contributed by atoms with Crippen molar-refractivity contribution in [2.24, 2.45) is 10.1 Å². The van der Waals surface area contributed by atoms with E-state index in [4.69, 9.17) is 5.11 Å². The number of carboxylic acids is 1. The predicted molar refractivity (Wildman–Crippen MR) is 54.4 cm³/mol. The molecule has 0 saturated heterocycles. The second-order valence-corrected chi connectivity index (χ2v) is 2.59. The van der Waals surface area contributed by atoms with Crippen molar-refractivity contribution >= 4 is 24.7 Å². The first-order valence-electron chi connectivity index (χ1n) is 4.06. The van der Waals surface area contributed by atoms with Crippen molar-refractivity contribution in [3.63, 3.8) is 0 Å². The minimum absolute atomic E-state index is 0.0420. The number of hydrogen-bond donors (Lipinski definition) is 1. The fourth-order valence-electron chi connectivity index (χ4n) is 1.08. The molecule has 78 valence electrons. The lowest BCUT2D eigenvalue weighted by atomic mass is 10.2. The highest BCUT2D eigenvalue weighted by Crippen LogP contribution is 2.19. The molecule has 1 N–H and O–H groups in total. The van der Waals surface area contributed by atoms with E-state index in [2.05, 4.69) is 16.8 Å². The molecular weight excluding hydrogens is 198 g/mol. The number of rotatable bonds is 3. The fourth-order valence-corrected chi connectivity index (χ4v) is 1.08. The van der Waals surface area contributed by atoms with E-state index in [1.165, 1.54) is 6.08 Å². The van der Waals surface area contributed by atoms with Crippen molar-refractivity contribution in [2.45, 2.75) is 6.92 Å². The number of aliphatic imine (C=N–C) groups is 1. The van der Waals surface area contributed by atoms with Crippen LogP contribution < -0.4 is 0 Å². The molecule has 0 bridgehead atoms. The van der Waals surface area contributed by atoms with E-state index in [1.54, 1.807) is 6.92 Å². The van der Waals surface area contributed by atoms with Gasteiger partial charge in [-0.15, -0.1) is 0 Å². The number of aliphatic carboxylic acids is 1.